The van der Waals surface area contributed by atoms with Crippen molar-refractivity contribution in [1.82, 2.24) is 24.6 Å². The van der Waals surface area contributed by atoms with Gasteiger partial charge in [-0.1, -0.05) is 30.3 Å². The molecule has 0 unspecified atom stereocenters. The molecule has 1 aromatic carbocycles. The summed E-state index contributed by atoms with van der Waals surface area (Å²) < 4.78 is 1.87. The molecule has 1 aliphatic rings. The molecule has 1 N–H and O–H groups in total. The summed E-state index contributed by atoms with van der Waals surface area (Å²) in [5.74, 6) is 0.569. The number of hydrogen-bond acceptors (Lipinski definition) is 5. The number of rotatable bonds is 6. The molecule has 4 rings (SSSR count). The van der Waals surface area contributed by atoms with Gasteiger partial charge in [-0.25, -0.2) is 9.67 Å². The third kappa shape index (κ3) is 4.71. The maximum absolute atomic E-state index is 12.5. The zero-order chi connectivity index (χ0) is 20.8. The minimum absolute atomic E-state index is 0.0316. The Kier molecular flexibility index (Phi) is 6.12. The van der Waals surface area contributed by atoms with E-state index < -0.39 is 0 Å². The van der Waals surface area contributed by atoms with Gasteiger partial charge in [0.15, 0.2) is 0 Å². The molecule has 1 saturated heterocycles. The van der Waals surface area contributed by atoms with Crippen molar-refractivity contribution < 1.29 is 9.59 Å². The molecular weight excluding hydrogens is 380 g/mol. The van der Waals surface area contributed by atoms with Crippen molar-refractivity contribution >= 4 is 17.6 Å². The van der Waals surface area contributed by atoms with E-state index in [1.807, 2.05) is 41.1 Å². The van der Waals surface area contributed by atoms with Crippen LogP contribution in [0.2, 0.25) is 0 Å². The second kappa shape index (κ2) is 9.30. The van der Waals surface area contributed by atoms with E-state index in [4.69, 9.17) is 0 Å². The van der Waals surface area contributed by atoms with E-state index in [1.165, 1.54) is 12.4 Å². The summed E-state index contributed by atoms with van der Waals surface area (Å²) in [5, 5.41) is 7.40. The van der Waals surface area contributed by atoms with Gasteiger partial charge in [0, 0.05) is 38.0 Å². The Balaban J connectivity index is 1.31. The number of carbonyl (C=O) groups excluding carboxylic acids is 2. The first kappa shape index (κ1) is 19.8. The van der Waals surface area contributed by atoms with Crippen molar-refractivity contribution in [1.29, 1.82) is 0 Å². The Hall–Kier alpha value is -3.55. The lowest BCUT2D eigenvalue weighted by Gasteiger charge is -2.32. The summed E-state index contributed by atoms with van der Waals surface area (Å²) in [6.45, 7) is 1.22. The minimum atomic E-state index is -0.101. The predicted molar refractivity (Wildman–Crippen MR) is 112 cm³/mol. The van der Waals surface area contributed by atoms with Gasteiger partial charge in [-0.15, -0.1) is 0 Å². The maximum atomic E-state index is 12.5. The molecule has 1 fully saturated rings. The maximum Gasteiger partial charge on any atom is 0.274 e. The van der Waals surface area contributed by atoms with Crippen LogP contribution in [0.25, 0.3) is 0 Å². The summed E-state index contributed by atoms with van der Waals surface area (Å²) in [6, 6.07) is 11.9. The van der Waals surface area contributed by atoms with Crippen molar-refractivity contribution in [2.45, 2.75) is 31.7 Å². The van der Waals surface area contributed by atoms with Crippen LogP contribution in [0.5, 0.6) is 0 Å². The first-order chi connectivity index (χ1) is 14.7. The quantitative estimate of drug-likeness (QED) is 0.682. The highest BCUT2D eigenvalue weighted by Gasteiger charge is 2.27. The number of nitrogens with zero attached hydrogens (tertiary/aromatic N) is 5. The van der Waals surface area contributed by atoms with Gasteiger partial charge < -0.3 is 10.2 Å². The second-order valence-electron chi connectivity index (χ2n) is 7.31. The highest BCUT2D eigenvalue weighted by atomic mass is 16.2. The average Bonchev–Trinajstić information content (AvgIpc) is 3.26. The largest absolute Gasteiger partial charge is 0.337 e. The summed E-state index contributed by atoms with van der Waals surface area (Å²) in [7, 11) is 0. The number of hydrogen-bond donors (Lipinski definition) is 1. The van der Waals surface area contributed by atoms with Crippen LogP contribution >= 0.6 is 0 Å². The molecule has 0 radical (unpaired) electrons. The van der Waals surface area contributed by atoms with Crippen molar-refractivity contribution in [2.24, 2.45) is 0 Å². The fraction of sp³-hybridized carbons (Fsp3) is 0.318. The molecule has 2 amide bonds. The van der Waals surface area contributed by atoms with Crippen LogP contribution in [0.1, 0.15) is 41.4 Å². The van der Waals surface area contributed by atoms with Crippen LogP contribution in [-0.2, 0) is 11.2 Å². The number of amides is 2. The fourth-order valence-corrected chi connectivity index (χ4v) is 3.70. The van der Waals surface area contributed by atoms with Gasteiger partial charge in [-0.05, 0) is 24.8 Å². The zero-order valence-corrected chi connectivity index (χ0v) is 16.6. The number of aromatic nitrogens is 4. The third-order valence-electron chi connectivity index (χ3n) is 5.30. The van der Waals surface area contributed by atoms with E-state index in [1.54, 1.807) is 17.3 Å². The number of carbonyl (C=O) groups is 2. The molecule has 154 valence electrons. The molecule has 0 bridgehead atoms. The van der Waals surface area contributed by atoms with Gasteiger partial charge >= 0.3 is 0 Å². The Bertz CT molecular complexity index is 981. The van der Waals surface area contributed by atoms with Crippen molar-refractivity contribution in [3.63, 3.8) is 0 Å². The molecule has 2 aromatic heterocycles. The SMILES string of the molecule is O=C(CCc1ccccc1)Nc1ccnn1C1CCN(C(=O)c2cnccn2)CC1. The van der Waals surface area contributed by atoms with E-state index in [0.717, 1.165) is 18.4 Å². The van der Waals surface area contributed by atoms with Gasteiger partial charge in [0.1, 0.15) is 11.5 Å². The number of piperidine rings is 1. The average molecular weight is 404 g/mol. The lowest BCUT2D eigenvalue weighted by molar-refractivity contribution is -0.116. The van der Waals surface area contributed by atoms with Crippen LogP contribution < -0.4 is 5.32 Å². The molecule has 0 aliphatic carbocycles. The standard InChI is InChI=1S/C22H24N6O2/c29-21(7-6-17-4-2-1-3-5-17)26-20-8-11-25-28(20)18-9-14-27(15-10-18)22(30)19-16-23-12-13-24-19/h1-5,8,11-13,16,18H,6-7,9-10,14-15H2,(H,26,29). The summed E-state index contributed by atoms with van der Waals surface area (Å²) in [5.41, 5.74) is 1.50. The van der Waals surface area contributed by atoms with Crippen LogP contribution in [-0.4, -0.2) is 49.6 Å². The molecule has 30 heavy (non-hydrogen) atoms. The summed E-state index contributed by atoms with van der Waals surface area (Å²) >= 11 is 0. The van der Waals surface area contributed by atoms with Crippen LogP contribution in [0, 0.1) is 0 Å². The molecule has 0 spiro atoms. The molecule has 1 aliphatic heterocycles. The van der Waals surface area contributed by atoms with Gasteiger partial charge in [0.25, 0.3) is 5.91 Å². The van der Waals surface area contributed by atoms with Gasteiger partial charge in [-0.3, -0.25) is 14.6 Å². The molecule has 0 saturated carbocycles. The Morgan fingerprint density at radius 2 is 1.83 bits per heavy atom. The first-order valence-corrected chi connectivity index (χ1v) is 10.1. The molecular formula is C22H24N6O2. The Morgan fingerprint density at radius 3 is 2.57 bits per heavy atom. The van der Waals surface area contributed by atoms with Crippen LogP contribution in [0.4, 0.5) is 5.82 Å². The van der Waals surface area contributed by atoms with Crippen LogP contribution in [0.3, 0.4) is 0 Å². The van der Waals surface area contributed by atoms with E-state index >= 15 is 0 Å². The highest BCUT2D eigenvalue weighted by molar-refractivity contribution is 5.92. The monoisotopic (exact) mass is 404 g/mol. The summed E-state index contributed by atoms with van der Waals surface area (Å²) in [4.78, 5) is 34.8. The van der Waals surface area contributed by atoms with E-state index in [9.17, 15) is 9.59 Å². The number of aryl methyl sites for hydroxylation is 1. The molecule has 3 heterocycles. The minimum Gasteiger partial charge on any atom is -0.337 e. The van der Waals surface area contributed by atoms with E-state index in [0.29, 0.717) is 37.4 Å². The first-order valence-electron chi connectivity index (χ1n) is 10.1. The second-order valence-corrected chi connectivity index (χ2v) is 7.31. The smallest absolute Gasteiger partial charge is 0.274 e. The van der Waals surface area contributed by atoms with Crippen molar-refractivity contribution in [2.75, 3.05) is 18.4 Å². The Labute approximate surface area is 175 Å². The van der Waals surface area contributed by atoms with Crippen LogP contribution in [0.15, 0.2) is 61.2 Å². The highest BCUT2D eigenvalue weighted by Crippen LogP contribution is 2.26. The molecule has 3 aromatic rings. The van der Waals surface area contributed by atoms with E-state index in [-0.39, 0.29) is 17.9 Å². The molecule has 8 heteroatoms. The number of nitrogens with one attached hydrogen (secondary N) is 1. The van der Waals surface area contributed by atoms with Gasteiger partial charge in [0.05, 0.1) is 18.4 Å². The van der Waals surface area contributed by atoms with Gasteiger partial charge in [0.2, 0.25) is 5.91 Å². The number of benzene rings is 1. The molecule has 0 atom stereocenters. The lowest BCUT2D eigenvalue weighted by atomic mass is 10.0. The Morgan fingerprint density at radius 1 is 1.03 bits per heavy atom. The van der Waals surface area contributed by atoms with Gasteiger partial charge in [-0.2, -0.15) is 5.10 Å². The van der Waals surface area contributed by atoms with Crippen molar-refractivity contribution in [3.05, 3.63) is 72.4 Å². The van der Waals surface area contributed by atoms with E-state index in [2.05, 4.69) is 20.4 Å². The lowest BCUT2D eigenvalue weighted by Crippen LogP contribution is -2.39. The topological polar surface area (TPSA) is 93.0 Å². The number of anilines is 1. The third-order valence-corrected chi connectivity index (χ3v) is 5.30. The predicted octanol–water partition coefficient (Wildman–Crippen LogP) is 2.72. The normalized spacial score (nSPS) is 14.5. The molecule has 8 nitrogen and oxygen atoms in total. The van der Waals surface area contributed by atoms with Crippen molar-refractivity contribution in [3.8, 4) is 0 Å². The summed E-state index contributed by atoms with van der Waals surface area (Å²) in [6.07, 6.45) is 8.91. The number of likely N-dealkylation sites (tertiary alicyclic amines) is 1. The fourth-order valence-electron chi connectivity index (χ4n) is 3.70. The zero-order valence-electron chi connectivity index (χ0n) is 16.6.